The minimum Gasteiger partial charge on any atom is -0.346 e. The van der Waals surface area contributed by atoms with Gasteiger partial charge in [0.15, 0.2) is 0 Å². The molecule has 0 radical (unpaired) electrons. The summed E-state index contributed by atoms with van der Waals surface area (Å²) in [6.45, 7) is 0.330. The largest absolute Gasteiger partial charge is 0.405 e. The van der Waals surface area contributed by atoms with Crippen LogP contribution in [0.25, 0.3) is 0 Å². The molecule has 2 rings (SSSR count). The van der Waals surface area contributed by atoms with Gasteiger partial charge in [0.2, 0.25) is 15.9 Å². The van der Waals surface area contributed by atoms with E-state index in [9.17, 15) is 26.4 Å². The zero-order chi connectivity index (χ0) is 18.7. The molecule has 1 aromatic rings. The van der Waals surface area contributed by atoms with Crippen molar-refractivity contribution < 1.29 is 26.4 Å². The van der Waals surface area contributed by atoms with Gasteiger partial charge in [-0.15, -0.1) is 0 Å². The van der Waals surface area contributed by atoms with Crippen molar-refractivity contribution in [2.24, 2.45) is 0 Å². The Hall–Kier alpha value is -1.61. The Morgan fingerprint density at radius 2 is 1.76 bits per heavy atom. The number of sulfonamides is 1. The smallest absolute Gasteiger partial charge is 0.346 e. The molecule has 0 bridgehead atoms. The minimum absolute atomic E-state index is 0.0500. The third kappa shape index (κ3) is 4.52. The first-order valence-electron chi connectivity index (χ1n) is 7.99. The van der Waals surface area contributed by atoms with Crippen LogP contribution < -0.4 is 5.32 Å². The van der Waals surface area contributed by atoms with Crippen molar-refractivity contribution in [2.75, 3.05) is 25.4 Å². The first-order valence-corrected chi connectivity index (χ1v) is 9.60. The number of nitrogens with one attached hydrogen (secondary N) is 1. The summed E-state index contributed by atoms with van der Waals surface area (Å²) >= 11 is 0. The van der Waals surface area contributed by atoms with Gasteiger partial charge in [-0.25, -0.2) is 12.7 Å². The summed E-state index contributed by atoms with van der Waals surface area (Å²) < 4.78 is 62.7. The van der Waals surface area contributed by atoms with Gasteiger partial charge < -0.3 is 5.32 Å². The number of alkyl halides is 3. The Bertz CT molecular complexity index is 697. The molecule has 5 nitrogen and oxygen atoms in total. The third-order valence-corrected chi connectivity index (χ3v) is 6.43. The van der Waals surface area contributed by atoms with Gasteiger partial charge in [-0.05, 0) is 25.3 Å². The molecule has 0 atom stereocenters. The Labute approximate surface area is 145 Å². The second kappa shape index (κ2) is 7.33. The third-order valence-electron chi connectivity index (χ3n) is 4.54. The van der Waals surface area contributed by atoms with Crippen LogP contribution in [0.15, 0.2) is 30.3 Å². The molecular weight excluding hydrogens is 357 g/mol. The van der Waals surface area contributed by atoms with Crippen molar-refractivity contribution in [3.63, 3.8) is 0 Å². The summed E-state index contributed by atoms with van der Waals surface area (Å²) in [7, 11) is -3.39. The second-order valence-electron chi connectivity index (χ2n) is 6.05. The summed E-state index contributed by atoms with van der Waals surface area (Å²) in [6.07, 6.45) is -4.22. The Morgan fingerprint density at radius 1 is 1.20 bits per heavy atom. The van der Waals surface area contributed by atoms with Crippen LogP contribution >= 0.6 is 0 Å². The number of carbonyl (C=O) groups excluding carboxylic acids is 1. The summed E-state index contributed by atoms with van der Waals surface area (Å²) in [5, 5.41) is 1.97. The molecule has 25 heavy (non-hydrogen) atoms. The molecular formula is C16H21F3N2O3S. The maximum Gasteiger partial charge on any atom is 0.405 e. The lowest BCUT2D eigenvalue weighted by atomic mass is 9.72. The molecule has 0 aromatic heterocycles. The minimum atomic E-state index is -4.50. The average molecular weight is 378 g/mol. The lowest BCUT2D eigenvalue weighted by Gasteiger charge is -2.40. The van der Waals surface area contributed by atoms with Gasteiger partial charge in [0.25, 0.3) is 0 Å². The highest BCUT2D eigenvalue weighted by Gasteiger charge is 2.45. The number of halogens is 3. The van der Waals surface area contributed by atoms with Gasteiger partial charge >= 0.3 is 6.18 Å². The number of carbonyl (C=O) groups is 1. The van der Waals surface area contributed by atoms with Crippen LogP contribution in [0.5, 0.6) is 0 Å². The first kappa shape index (κ1) is 19.7. The van der Waals surface area contributed by atoms with Gasteiger partial charge in [-0.2, -0.15) is 13.2 Å². The second-order valence-corrected chi connectivity index (χ2v) is 8.30. The van der Waals surface area contributed by atoms with E-state index >= 15 is 0 Å². The Balaban J connectivity index is 2.26. The quantitative estimate of drug-likeness (QED) is 0.853. The van der Waals surface area contributed by atoms with Gasteiger partial charge in [0.05, 0.1) is 11.2 Å². The van der Waals surface area contributed by atoms with Crippen LogP contribution in [0.1, 0.15) is 25.3 Å². The summed E-state index contributed by atoms with van der Waals surface area (Å²) in [4.78, 5) is 12.6. The molecule has 0 aliphatic carbocycles. The monoisotopic (exact) mass is 378 g/mol. The number of nitrogens with zero attached hydrogens (tertiary/aromatic N) is 1. The fourth-order valence-corrected chi connectivity index (χ4v) is 4.19. The Kier molecular flexibility index (Phi) is 5.78. The molecule has 1 N–H and O–H groups in total. The van der Waals surface area contributed by atoms with Crippen LogP contribution in [0.4, 0.5) is 13.2 Å². The number of benzene rings is 1. The Morgan fingerprint density at radius 3 is 2.24 bits per heavy atom. The van der Waals surface area contributed by atoms with Gasteiger partial charge in [0.1, 0.15) is 6.54 Å². The highest BCUT2D eigenvalue weighted by molar-refractivity contribution is 7.89. The molecule has 9 heteroatoms. The van der Waals surface area contributed by atoms with Crippen LogP contribution in [0.3, 0.4) is 0 Å². The number of hydrogen-bond acceptors (Lipinski definition) is 3. The SMILES string of the molecule is CCS(=O)(=O)N1CCC(C(=O)NCC(F)(F)F)(c2ccccc2)CC1. The van der Waals surface area contributed by atoms with Crippen LogP contribution in [-0.4, -0.2) is 50.2 Å². The standard InChI is InChI=1S/C16H21F3N2O3S/c1-2-25(23,24)21-10-8-15(9-11-21,13-6-4-3-5-7-13)14(22)20-12-16(17,18)19/h3-7H,2,8-12H2,1H3,(H,20,22). The summed E-state index contributed by atoms with van der Waals surface area (Å²) in [6, 6.07) is 8.56. The molecule has 0 unspecified atom stereocenters. The lowest BCUT2D eigenvalue weighted by Crippen LogP contribution is -2.54. The van der Waals surface area contributed by atoms with Crippen molar-refractivity contribution in [1.82, 2.24) is 9.62 Å². The van der Waals surface area contributed by atoms with Gasteiger partial charge in [-0.3, -0.25) is 4.79 Å². The fourth-order valence-electron chi connectivity index (χ4n) is 3.08. The molecule has 1 heterocycles. The van der Waals surface area contributed by atoms with E-state index in [4.69, 9.17) is 0 Å². The number of rotatable bonds is 5. The highest BCUT2D eigenvalue weighted by atomic mass is 32.2. The molecule has 0 spiro atoms. The van der Waals surface area contributed by atoms with Crippen LogP contribution in [-0.2, 0) is 20.2 Å². The molecule has 1 aliphatic heterocycles. The van der Waals surface area contributed by atoms with E-state index < -0.39 is 34.1 Å². The first-order chi connectivity index (χ1) is 11.6. The van der Waals surface area contributed by atoms with E-state index in [1.807, 2.05) is 5.32 Å². The predicted octanol–water partition coefficient (Wildman–Crippen LogP) is 2.05. The number of piperidine rings is 1. The van der Waals surface area contributed by atoms with Crippen LogP contribution in [0, 0.1) is 0 Å². The van der Waals surface area contributed by atoms with E-state index in [0.29, 0.717) is 5.56 Å². The van der Waals surface area contributed by atoms with Crippen molar-refractivity contribution in [3.05, 3.63) is 35.9 Å². The molecule has 1 amide bonds. The predicted molar refractivity (Wildman–Crippen MR) is 87.5 cm³/mol. The average Bonchev–Trinajstić information content (AvgIpc) is 2.59. The molecule has 0 saturated carbocycles. The lowest BCUT2D eigenvalue weighted by molar-refractivity contribution is -0.142. The number of amides is 1. The topological polar surface area (TPSA) is 66.5 Å². The summed E-state index contributed by atoms with van der Waals surface area (Å²) in [5.41, 5.74) is -0.560. The van der Waals surface area contributed by atoms with E-state index in [0.717, 1.165) is 0 Å². The van der Waals surface area contributed by atoms with Crippen molar-refractivity contribution in [2.45, 2.75) is 31.4 Å². The highest BCUT2D eigenvalue weighted by Crippen LogP contribution is 2.37. The maximum absolute atomic E-state index is 12.6. The molecule has 1 aliphatic rings. The molecule has 1 aromatic carbocycles. The molecule has 140 valence electrons. The fraction of sp³-hybridized carbons (Fsp3) is 0.562. The van der Waals surface area contributed by atoms with Crippen molar-refractivity contribution in [1.29, 1.82) is 0 Å². The zero-order valence-electron chi connectivity index (χ0n) is 13.8. The summed E-state index contributed by atoms with van der Waals surface area (Å²) in [5.74, 6) is -0.768. The molecule has 1 fully saturated rings. The zero-order valence-corrected chi connectivity index (χ0v) is 14.7. The maximum atomic E-state index is 12.6. The molecule has 1 saturated heterocycles. The van der Waals surface area contributed by atoms with Crippen molar-refractivity contribution in [3.8, 4) is 0 Å². The van der Waals surface area contributed by atoms with Crippen molar-refractivity contribution >= 4 is 15.9 Å². The van der Waals surface area contributed by atoms with E-state index in [2.05, 4.69) is 0 Å². The van der Waals surface area contributed by atoms with Gasteiger partial charge in [0, 0.05) is 13.1 Å². The van der Waals surface area contributed by atoms with Crippen LogP contribution in [0.2, 0.25) is 0 Å². The normalized spacial score (nSPS) is 18.7. The van der Waals surface area contributed by atoms with E-state index in [1.165, 1.54) is 11.2 Å². The van der Waals surface area contributed by atoms with E-state index in [-0.39, 0.29) is 31.7 Å². The number of hydrogen-bond donors (Lipinski definition) is 1. The van der Waals surface area contributed by atoms with E-state index in [1.54, 1.807) is 30.3 Å². The van der Waals surface area contributed by atoms with Gasteiger partial charge in [-0.1, -0.05) is 30.3 Å².